The average molecular weight is 530 g/mol. The molecule has 0 unspecified atom stereocenters. The summed E-state index contributed by atoms with van der Waals surface area (Å²) in [6.45, 7) is 1.58. The van der Waals surface area contributed by atoms with Crippen molar-refractivity contribution >= 4 is 35.0 Å². The predicted molar refractivity (Wildman–Crippen MR) is 140 cm³/mol. The van der Waals surface area contributed by atoms with E-state index in [4.69, 9.17) is 42.4 Å². The largest absolute Gasteiger partial charge is 0.496 e. The zero-order chi connectivity index (χ0) is 25.1. The third-order valence-electron chi connectivity index (χ3n) is 5.96. The Morgan fingerprint density at radius 2 is 1.74 bits per heavy atom. The van der Waals surface area contributed by atoms with Crippen LogP contribution >= 0.6 is 35.0 Å². The first-order chi connectivity index (χ1) is 16.9. The topological polar surface area (TPSA) is 67.6 Å². The number of hydrogen-bond acceptors (Lipinski definition) is 7. The van der Waals surface area contributed by atoms with Crippen molar-refractivity contribution in [2.45, 2.75) is 23.7 Å². The minimum absolute atomic E-state index is 0.502. The molecule has 6 nitrogen and oxygen atoms in total. The van der Waals surface area contributed by atoms with E-state index in [0.717, 1.165) is 40.9 Å². The molecular formula is C26H25Cl2N3O3S. The molecule has 1 aliphatic rings. The molecule has 0 fully saturated rings. The third kappa shape index (κ3) is 5.17. The fourth-order valence-electron chi connectivity index (χ4n) is 4.18. The summed E-state index contributed by atoms with van der Waals surface area (Å²) in [7, 11) is 6.85. The van der Waals surface area contributed by atoms with E-state index in [0.29, 0.717) is 50.2 Å². The Bertz CT molecular complexity index is 1310. The lowest BCUT2D eigenvalue weighted by atomic mass is 9.91. The number of nitrogens with zero attached hydrogens (tertiary/aromatic N) is 3. The Labute approximate surface area is 219 Å². The smallest absolute Gasteiger partial charge is 0.164 e. The van der Waals surface area contributed by atoms with Crippen LogP contribution in [-0.2, 0) is 18.7 Å². The molecule has 0 amide bonds. The molecule has 2 heterocycles. The maximum Gasteiger partial charge on any atom is 0.164 e. The van der Waals surface area contributed by atoms with Crippen LogP contribution in [0.25, 0.3) is 11.1 Å². The van der Waals surface area contributed by atoms with Gasteiger partial charge >= 0.3 is 0 Å². The van der Waals surface area contributed by atoms with Gasteiger partial charge in [-0.05, 0) is 36.4 Å². The molecule has 0 aliphatic carbocycles. The molecule has 0 atom stereocenters. The summed E-state index contributed by atoms with van der Waals surface area (Å²) in [5.74, 6) is 2.31. The number of halogens is 2. The van der Waals surface area contributed by atoms with Crippen molar-refractivity contribution in [3.05, 3.63) is 62.8 Å². The Balaban J connectivity index is 1.89. The highest BCUT2D eigenvalue weighted by molar-refractivity contribution is 7.98. The summed E-state index contributed by atoms with van der Waals surface area (Å²) in [5.41, 5.74) is 5.11. The van der Waals surface area contributed by atoms with Crippen LogP contribution in [0.1, 0.15) is 22.4 Å². The van der Waals surface area contributed by atoms with Crippen molar-refractivity contribution in [2.24, 2.45) is 0 Å². The molecule has 0 spiro atoms. The number of likely N-dealkylation sites (N-methyl/N-ethyl adjacent to an activating group) is 1. The number of methoxy groups -OCH3 is 3. The fraction of sp³-hybridized carbons (Fsp3) is 0.308. The number of benzene rings is 2. The lowest BCUT2D eigenvalue weighted by Crippen LogP contribution is -2.28. The molecule has 0 saturated heterocycles. The van der Waals surface area contributed by atoms with E-state index in [1.807, 2.05) is 18.2 Å². The van der Waals surface area contributed by atoms with E-state index in [1.165, 1.54) is 11.8 Å². The van der Waals surface area contributed by atoms with Gasteiger partial charge in [0, 0.05) is 48.2 Å². The highest BCUT2D eigenvalue weighted by atomic mass is 35.5. The van der Waals surface area contributed by atoms with Crippen molar-refractivity contribution in [3.63, 3.8) is 0 Å². The molecule has 0 saturated carbocycles. The van der Waals surface area contributed by atoms with Gasteiger partial charge in [-0.2, -0.15) is 5.26 Å². The summed E-state index contributed by atoms with van der Waals surface area (Å²) in [5, 5.41) is 12.0. The fourth-order valence-corrected chi connectivity index (χ4v) is 5.45. The average Bonchev–Trinajstić information content (AvgIpc) is 2.87. The second-order valence-corrected chi connectivity index (χ2v) is 9.91. The lowest BCUT2D eigenvalue weighted by molar-refractivity contribution is 0.309. The van der Waals surface area contributed by atoms with Crippen molar-refractivity contribution in [3.8, 4) is 34.4 Å². The van der Waals surface area contributed by atoms with E-state index < -0.39 is 0 Å². The molecule has 0 bridgehead atoms. The Kier molecular flexibility index (Phi) is 7.98. The highest BCUT2D eigenvalue weighted by Gasteiger charge is 2.28. The van der Waals surface area contributed by atoms with E-state index in [9.17, 15) is 5.26 Å². The van der Waals surface area contributed by atoms with Crippen molar-refractivity contribution in [1.29, 1.82) is 5.26 Å². The first-order valence-corrected chi connectivity index (χ1v) is 12.7. The van der Waals surface area contributed by atoms with Gasteiger partial charge in [-0.15, -0.1) is 11.8 Å². The number of ether oxygens (including phenoxy) is 3. The second kappa shape index (κ2) is 11.0. The van der Waals surface area contributed by atoms with Gasteiger partial charge in [0.15, 0.2) is 11.5 Å². The van der Waals surface area contributed by atoms with Crippen LogP contribution < -0.4 is 14.2 Å². The monoisotopic (exact) mass is 529 g/mol. The Morgan fingerprint density at radius 3 is 2.40 bits per heavy atom. The molecule has 9 heteroatoms. The molecule has 0 N–H and O–H groups in total. The maximum absolute atomic E-state index is 10.3. The van der Waals surface area contributed by atoms with Crippen LogP contribution in [0.15, 0.2) is 35.4 Å². The van der Waals surface area contributed by atoms with Gasteiger partial charge in [0.1, 0.15) is 16.8 Å². The number of fused-ring (bicyclic) bond motifs is 1. The molecule has 3 aromatic rings. The zero-order valence-electron chi connectivity index (χ0n) is 19.9. The molecule has 0 radical (unpaired) electrons. The van der Waals surface area contributed by atoms with E-state index >= 15 is 0 Å². The summed E-state index contributed by atoms with van der Waals surface area (Å²) >= 11 is 13.8. The standard InChI is InChI=1S/C26H25Cl2N3O3S/c1-31-8-7-21-18(13-31)25(16-10-23(33-3)24(34-4)11-22(16)32-2)17(12-29)26(30-21)35-14-15-5-6-19(27)20(28)9-15/h5-6,9-11H,7-8,13-14H2,1-4H3. The van der Waals surface area contributed by atoms with Gasteiger partial charge in [0.05, 0.1) is 36.9 Å². The van der Waals surface area contributed by atoms with Crippen LogP contribution in [0, 0.1) is 11.3 Å². The first-order valence-electron chi connectivity index (χ1n) is 10.9. The normalized spacial score (nSPS) is 13.2. The highest BCUT2D eigenvalue weighted by Crippen LogP contribution is 2.45. The van der Waals surface area contributed by atoms with Gasteiger partial charge in [0.25, 0.3) is 0 Å². The zero-order valence-corrected chi connectivity index (χ0v) is 22.3. The minimum Gasteiger partial charge on any atom is -0.496 e. The van der Waals surface area contributed by atoms with Crippen LogP contribution in [0.2, 0.25) is 10.0 Å². The van der Waals surface area contributed by atoms with E-state index in [1.54, 1.807) is 33.5 Å². The molecule has 35 heavy (non-hydrogen) atoms. The van der Waals surface area contributed by atoms with E-state index in [-0.39, 0.29) is 0 Å². The van der Waals surface area contributed by atoms with Gasteiger partial charge < -0.3 is 19.1 Å². The number of nitriles is 1. The lowest BCUT2D eigenvalue weighted by Gasteiger charge is -2.28. The van der Waals surface area contributed by atoms with Crippen molar-refractivity contribution in [1.82, 2.24) is 9.88 Å². The number of aromatic nitrogens is 1. The Hall–Kier alpha value is -2.63. The number of rotatable bonds is 7. The summed E-state index contributed by atoms with van der Waals surface area (Å²) < 4.78 is 16.8. The number of hydrogen-bond donors (Lipinski definition) is 0. The second-order valence-electron chi connectivity index (χ2n) is 8.14. The van der Waals surface area contributed by atoms with Crippen LogP contribution in [0.3, 0.4) is 0 Å². The first kappa shape index (κ1) is 25.5. The predicted octanol–water partition coefficient (Wildman–Crippen LogP) is 6.23. The summed E-state index contributed by atoms with van der Waals surface area (Å²) in [4.78, 5) is 7.18. The van der Waals surface area contributed by atoms with Crippen molar-refractivity contribution in [2.75, 3.05) is 34.9 Å². The molecule has 1 aliphatic heterocycles. The third-order valence-corrected chi connectivity index (χ3v) is 7.74. The summed E-state index contributed by atoms with van der Waals surface area (Å²) in [6, 6.07) is 11.6. The van der Waals surface area contributed by atoms with Gasteiger partial charge in [-0.25, -0.2) is 4.98 Å². The molecular weight excluding hydrogens is 505 g/mol. The van der Waals surface area contributed by atoms with Gasteiger partial charge in [-0.1, -0.05) is 29.3 Å². The Morgan fingerprint density at radius 1 is 1.03 bits per heavy atom. The van der Waals surface area contributed by atoms with Crippen LogP contribution in [0.5, 0.6) is 17.2 Å². The van der Waals surface area contributed by atoms with Crippen LogP contribution in [-0.4, -0.2) is 44.8 Å². The molecule has 1 aromatic heterocycles. The van der Waals surface area contributed by atoms with Gasteiger partial charge in [-0.3, -0.25) is 0 Å². The van der Waals surface area contributed by atoms with Crippen molar-refractivity contribution < 1.29 is 14.2 Å². The SMILES string of the molecule is COc1cc(OC)c(-c2c(C#N)c(SCc3ccc(Cl)c(Cl)c3)nc3c2CN(C)CC3)cc1OC. The number of thioether (sulfide) groups is 1. The minimum atomic E-state index is 0.502. The van der Waals surface area contributed by atoms with Crippen LogP contribution in [0.4, 0.5) is 0 Å². The quantitative estimate of drug-likeness (QED) is 0.336. The molecule has 2 aromatic carbocycles. The summed E-state index contributed by atoms with van der Waals surface area (Å²) in [6.07, 6.45) is 0.792. The van der Waals surface area contributed by atoms with Gasteiger partial charge in [0.2, 0.25) is 0 Å². The molecule has 4 rings (SSSR count). The maximum atomic E-state index is 10.3. The number of pyridine rings is 1. The van der Waals surface area contributed by atoms with E-state index in [2.05, 4.69) is 18.0 Å². The molecule has 182 valence electrons.